The summed E-state index contributed by atoms with van der Waals surface area (Å²) in [6.45, 7) is 5.83. The molecule has 36 N–H and O–H groups in total. The zero-order valence-electron chi connectivity index (χ0n) is 68.1. The van der Waals surface area contributed by atoms with Crippen LogP contribution in [0.25, 0.3) is 0 Å². The third-order valence-corrected chi connectivity index (χ3v) is 18.4. The van der Waals surface area contributed by atoms with E-state index in [0.29, 0.717) is 37.9 Å². The van der Waals surface area contributed by atoms with Crippen LogP contribution in [0.5, 0.6) is 0 Å². The minimum absolute atomic E-state index is 0.0290. The fourth-order valence-electron chi connectivity index (χ4n) is 10.2. The number of carbonyl (C=O) groups is 13. The molecule has 3 aliphatic heterocycles. The van der Waals surface area contributed by atoms with Crippen LogP contribution >= 0.6 is 7.57 Å². The molecule has 4 rings (SSSR count). The van der Waals surface area contributed by atoms with Crippen LogP contribution in [-0.2, 0) is 118 Å². The van der Waals surface area contributed by atoms with E-state index in [1.807, 2.05) is 6.20 Å². The molecule has 123 heavy (non-hydrogen) atoms. The maximum absolute atomic E-state index is 12.2. The van der Waals surface area contributed by atoms with E-state index >= 15 is 0 Å². The average molecular weight is 1850 g/mol. The molecule has 3 fully saturated rings. The second-order valence-corrected chi connectivity index (χ2v) is 33.0. The lowest BCUT2D eigenvalue weighted by Gasteiger charge is -2.45. The predicted molar refractivity (Wildman–Crippen MR) is 430 cm³/mol. The zero-order chi connectivity index (χ0) is 95.9. The van der Waals surface area contributed by atoms with Gasteiger partial charge in [-0.15, -0.1) is 5.10 Å². The van der Waals surface area contributed by atoms with E-state index in [0.717, 1.165) is 24.9 Å². The number of nitrogens with zero attached hydrogens (tertiary/aromatic N) is 3. The van der Waals surface area contributed by atoms with E-state index in [9.17, 15) is 132 Å². The van der Waals surface area contributed by atoms with Gasteiger partial charge in [-0.3, -0.25) is 47.0 Å². The lowest BCUT2D eigenvalue weighted by molar-refractivity contribution is -0.303. The van der Waals surface area contributed by atoms with E-state index in [1.54, 1.807) is 18.5 Å². The topological polar surface area (TPSA) is 934 Å². The first-order chi connectivity index (χ1) is 56.7. The van der Waals surface area contributed by atoms with Gasteiger partial charge >= 0.3 is 0 Å². The molecule has 0 bridgehead atoms. The van der Waals surface area contributed by atoms with Gasteiger partial charge in [-0.05, 0) is 31.9 Å². The number of aliphatic hydroxyl groups is 15. The summed E-state index contributed by atoms with van der Waals surface area (Å²) < 4.78 is 64.4. The van der Waals surface area contributed by atoms with E-state index in [2.05, 4.69) is 70.6 Å². The minimum atomic E-state index is -3.72. The molecular weight excluding hydrogens is 1720 g/mol. The van der Waals surface area contributed by atoms with Crippen molar-refractivity contribution < 1.29 is 189 Å². The molecule has 56 heteroatoms. The van der Waals surface area contributed by atoms with Gasteiger partial charge in [-0.1, -0.05) is 26.0 Å². The molecule has 1 aromatic heterocycles. The first-order valence-electron chi connectivity index (χ1n) is 37.1. The van der Waals surface area contributed by atoms with Crippen molar-refractivity contribution in [3.05, 3.63) is 11.9 Å². The minimum Gasteiger partial charge on any atom is -0.394 e. The van der Waals surface area contributed by atoms with Gasteiger partial charge < -0.3 is 199 Å². The summed E-state index contributed by atoms with van der Waals surface area (Å²) in [6.07, 6.45) is -10.4. The van der Waals surface area contributed by atoms with Crippen LogP contribution in [0.4, 0.5) is 0 Å². The molecular formula is C67H125N14O39PS2. The molecule has 1 aromatic rings. The van der Waals surface area contributed by atoms with Gasteiger partial charge in [0.15, 0.2) is 28.3 Å². The van der Waals surface area contributed by atoms with Crippen molar-refractivity contribution in [3.8, 4) is 0 Å². The summed E-state index contributed by atoms with van der Waals surface area (Å²) in [5, 5.41) is 165. The Kier molecular flexibility index (Phi) is 58.5. The van der Waals surface area contributed by atoms with Crippen molar-refractivity contribution in [3.63, 3.8) is 0 Å². The fourth-order valence-corrected chi connectivity index (χ4v) is 11.4. The smallest absolute Gasteiger partial charge is 0.280 e. The number of Topliss-reactive ketones (excluding diaryl/α,β-unsaturated/α-hetero) is 1. The number of nitrogens with two attached hydrogens (primary N) is 6. The van der Waals surface area contributed by atoms with E-state index in [1.165, 1.54) is 13.8 Å². The Labute approximate surface area is 707 Å². The summed E-state index contributed by atoms with van der Waals surface area (Å²) in [7, 11) is -10.6. The second-order valence-electron chi connectivity index (χ2n) is 28.2. The van der Waals surface area contributed by atoms with Crippen molar-refractivity contribution in [2.45, 2.75) is 238 Å². The first kappa shape index (κ1) is 120. The number of ether oxygens (including phenoxy) is 3. The van der Waals surface area contributed by atoms with Crippen LogP contribution in [-0.4, -0.2) is 414 Å². The molecule has 5 amide bonds. The van der Waals surface area contributed by atoms with Crippen LogP contribution in [0.1, 0.15) is 91.7 Å². The van der Waals surface area contributed by atoms with Gasteiger partial charge in [-0.25, -0.2) is 8.42 Å². The highest BCUT2D eigenvalue weighted by Crippen LogP contribution is 2.38. The van der Waals surface area contributed by atoms with Crippen molar-refractivity contribution in [2.24, 2.45) is 46.2 Å². The van der Waals surface area contributed by atoms with Gasteiger partial charge in [0.05, 0.1) is 127 Å². The zero-order valence-corrected chi connectivity index (χ0v) is 70.6. The maximum atomic E-state index is 12.2. The first-order valence-corrected chi connectivity index (χ1v) is 42.3. The number of aryl methyl sites for hydroxylation is 1. The summed E-state index contributed by atoms with van der Waals surface area (Å²) in [5.74, 6) is -6.80. The number of amides is 5. The lowest BCUT2D eigenvalue weighted by atomic mass is 9.80. The normalized spacial score (nSPS) is 26.3. The van der Waals surface area contributed by atoms with E-state index in [4.69, 9.17) is 82.8 Å². The Morgan fingerprint density at radius 3 is 1.59 bits per heavy atom. The van der Waals surface area contributed by atoms with Gasteiger partial charge in [-0.2, -0.15) is 0 Å². The SMILES string of the molecule is C=P(O)(O)OCC(O)C(=O)NCC(N)C=O.C=S(=O)(O)CC(=O)NCC(N)C=O.C=S(=O)(O)OCCC(=O)NCC(N)C=O.CC1(O)CC(O)C(CC(=O)CC(N)C=O)C(C(O)C(O)CO)O1.CC1C(O)CC(O)(C=O)OC1C(O)C(O)CO.CCC(O)C(O)C1OC(O)(C(=O)NCC(N)C=O)CC(O)C1NC(C)=O.CCCn1cc(CC(N)C=O)nn1. The van der Waals surface area contributed by atoms with Crippen LogP contribution in [0.2, 0.25) is 0 Å². The van der Waals surface area contributed by atoms with Crippen LogP contribution in [0.15, 0.2) is 6.20 Å². The van der Waals surface area contributed by atoms with Gasteiger partial charge in [0.25, 0.3) is 11.8 Å². The van der Waals surface area contributed by atoms with Crippen molar-refractivity contribution in [2.75, 3.05) is 58.4 Å². The Bertz CT molecular complexity index is 3660. The number of hydrogen-bond donors (Lipinski definition) is 30. The fraction of sp³-hybridized carbons (Fsp3) is 0.731. The second kappa shape index (κ2) is 59.9. The molecule has 0 aliphatic carbocycles. The van der Waals surface area contributed by atoms with Crippen LogP contribution in [0, 0.1) is 11.8 Å². The lowest BCUT2D eigenvalue weighted by Crippen LogP contribution is -2.68. The Hall–Kier alpha value is -7.01. The van der Waals surface area contributed by atoms with Crippen LogP contribution in [0.3, 0.4) is 0 Å². The Morgan fingerprint density at radius 1 is 0.667 bits per heavy atom. The number of aliphatic hydroxyl groups excluding tert-OH is 12. The number of aldehydes is 7. The van der Waals surface area contributed by atoms with Gasteiger partial charge in [0.1, 0.15) is 85.9 Å². The van der Waals surface area contributed by atoms with E-state index in [-0.39, 0.29) is 77.6 Å². The third kappa shape index (κ3) is 52.0. The third-order valence-electron chi connectivity index (χ3n) is 16.6. The van der Waals surface area contributed by atoms with Crippen LogP contribution < -0.4 is 61.0 Å². The maximum Gasteiger partial charge on any atom is 0.280 e. The number of ketones is 1. The van der Waals surface area contributed by atoms with Crippen molar-refractivity contribution >= 4 is 125 Å². The quantitative estimate of drug-likeness (QED) is 0.0164. The Morgan fingerprint density at radius 2 is 1.15 bits per heavy atom. The van der Waals surface area contributed by atoms with Gasteiger partial charge in [0, 0.05) is 102 Å². The molecule has 714 valence electrons. The molecule has 27 unspecified atom stereocenters. The standard InChI is InChI=1S/C15H27N3O8.C14H25NO8.C10H18O7.C8H14N4O.C7H15N2O6P.C7H14N2O5S.C6H12N2O4S/c1-3-9(21)12(23)13-11(18-7(2)20)10(22)4-15(25,26-13)14(24)17-5-8(16)6-19;1-14(22)4-10(19)9(3-8(18)2-7(15)5-16)13(23-14)12(21)11(20)6-17;1-5-6(13)2-10(16,4-12)17-9(5)8(15)7(14)3-11;1-2-3-12-5-8(10-11-12)4-7(9)6-13;1-16(13,14)15-4-6(11)7(12)9-2-5(8)3-10;1-15(12,13)14-3-2-7(11)9-4-6(8)5-10;1-13(11,12)4-6(10)8-2-5(7)3-9/h6,8-13,21-23,25H,3-5,16H2,1-2H3,(H,17,24)(H,18,20);5,7,9-13,17,19-22H,2-4,6,15H2,1H3;4-9,11,13-16H,2-3H2,1H3;5-7H,2-4,9H2,1H3;3,5-6,11,13-14H,1-2,4,8H2,(H,9,12);5-6H,1-4,8H2,(H,9,11)(H,12,13);3,5H,1-2,4,7H2,(H,8,10)(H,11,12). The molecule has 53 nitrogen and oxygen atoms in total. The summed E-state index contributed by atoms with van der Waals surface area (Å²) in [4.78, 5) is 158. The molecule has 4 heterocycles. The molecule has 27 atom stereocenters. The monoisotopic (exact) mass is 1840 g/mol. The Balaban J connectivity index is -0.00000139. The molecule has 0 spiro atoms. The number of carbonyl (C=O) groups excluding carboxylic acids is 13. The number of rotatable bonds is 44. The molecule has 3 aliphatic rings. The largest absolute Gasteiger partial charge is 0.394 e. The average Bonchev–Trinajstić information content (AvgIpc) is 1.56. The van der Waals surface area contributed by atoms with Gasteiger partial charge in [0.2, 0.25) is 36.9 Å². The summed E-state index contributed by atoms with van der Waals surface area (Å²) in [6, 6.07) is -5.97. The number of aromatic nitrogens is 3. The molecule has 0 radical (unpaired) electrons. The number of nitrogens with one attached hydrogen (secondary N) is 5. The summed E-state index contributed by atoms with van der Waals surface area (Å²) >= 11 is 0. The molecule has 0 aromatic carbocycles. The molecule has 3 saturated heterocycles. The predicted octanol–water partition coefficient (Wildman–Crippen LogP) is -16.6. The highest BCUT2D eigenvalue weighted by molar-refractivity contribution is 7.95. The van der Waals surface area contributed by atoms with E-state index < -0.39 is 246 Å². The highest BCUT2D eigenvalue weighted by atomic mass is 32.2. The number of hydrogen-bond acceptors (Lipinski definition) is 45. The van der Waals surface area contributed by atoms with Crippen molar-refractivity contribution in [1.82, 2.24) is 41.6 Å². The highest BCUT2D eigenvalue weighted by Gasteiger charge is 2.54. The summed E-state index contributed by atoms with van der Waals surface area (Å²) in [5.41, 5.74) is 32.5. The van der Waals surface area contributed by atoms with Crippen molar-refractivity contribution in [1.29, 1.82) is 0 Å². The molecule has 0 saturated carbocycles.